The lowest BCUT2D eigenvalue weighted by Crippen LogP contribution is -2.49. The van der Waals surface area contributed by atoms with Crippen molar-refractivity contribution >= 4 is 34.9 Å². The van der Waals surface area contributed by atoms with Crippen LogP contribution in [0.5, 0.6) is 0 Å². The van der Waals surface area contributed by atoms with Crippen molar-refractivity contribution < 1.29 is 4.74 Å². The van der Waals surface area contributed by atoms with Gasteiger partial charge in [0.25, 0.3) is 0 Å². The van der Waals surface area contributed by atoms with Gasteiger partial charge in [-0.3, -0.25) is 0 Å². The summed E-state index contributed by atoms with van der Waals surface area (Å²) in [6.07, 6.45) is 1.33. The van der Waals surface area contributed by atoms with Crippen LogP contribution in [0.25, 0.3) is 0 Å². The summed E-state index contributed by atoms with van der Waals surface area (Å²) in [5.74, 6) is 0. The lowest BCUT2D eigenvalue weighted by atomic mass is 9.49. The molecule has 2 rings (SSSR count). The molecule has 1 aliphatic rings. The molecule has 2 nitrogen and oxygen atoms in total. The number of rotatable bonds is 3. The summed E-state index contributed by atoms with van der Waals surface area (Å²) in [4.78, 5) is 1.52. The molecule has 1 aromatic rings. The Bertz CT molecular complexity index is 375. The van der Waals surface area contributed by atoms with Gasteiger partial charge in [-0.1, -0.05) is 5.24 Å². The van der Waals surface area contributed by atoms with Gasteiger partial charge in [-0.2, -0.15) is 0 Å². The molecule has 0 amide bonds. The molecule has 0 spiro atoms. The van der Waals surface area contributed by atoms with Crippen LogP contribution in [0.3, 0.4) is 0 Å². The number of fused-ring (bicyclic) bond motifs is 1. The van der Waals surface area contributed by atoms with Crippen molar-refractivity contribution in [1.82, 2.24) is 5.32 Å². The number of ether oxygens (including phenoxy) is 1. The molecule has 0 radical (unpaired) electrons. The minimum absolute atomic E-state index is 0.158. The summed E-state index contributed by atoms with van der Waals surface area (Å²) >= 11 is 1.88. The Morgan fingerprint density at radius 3 is 3.00 bits per heavy atom. The van der Waals surface area contributed by atoms with Crippen LogP contribution in [0.15, 0.2) is 5.38 Å². The summed E-state index contributed by atoms with van der Waals surface area (Å²) in [7, 11) is 6.58. The van der Waals surface area contributed by atoms with Gasteiger partial charge in [0, 0.05) is 17.8 Å². The molecule has 84 valence electrons. The van der Waals surface area contributed by atoms with Crippen molar-refractivity contribution in [3.05, 3.63) is 21.4 Å². The Labute approximate surface area is 104 Å². The zero-order valence-corrected chi connectivity index (χ0v) is 11.4. The second-order valence-corrected chi connectivity index (χ2v) is 6.46. The van der Waals surface area contributed by atoms with Gasteiger partial charge in [-0.05, 0) is 23.4 Å². The molecular formula is C10H18B3NOS. The van der Waals surface area contributed by atoms with Crippen molar-refractivity contribution in [2.45, 2.75) is 24.7 Å². The average molecular weight is 233 g/mol. The third kappa shape index (κ3) is 2.73. The first kappa shape index (κ1) is 12.3. The van der Waals surface area contributed by atoms with Crippen molar-refractivity contribution in [3.8, 4) is 0 Å². The summed E-state index contributed by atoms with van der Waals surface area (Å²) in [6, 6.07) is 0. The maximum atomic E-state index is 5.88. The van der Waals surface area contributed by atoms with Crippen molar-refractivity contribution in [2.75, 3.05) is 13.2 Å². The molecule has 1 N–H and O–H groups in total. The highest BCUT2D eigenvalue weighted by Crippen LogP contribution is 2.34. The van der Waals surface area contributed by atoms with E-state index in [1.165, 1.54) is 16.0 Å². The number of hydrogen-bond acceptors (Lipinski definition) is 3. The second-order valence-electron chi connectivity index (χ2n) is 5.50. The third-order valence-corrected chi connectivity index (χ3v) is 4.07. The van der Waals surface area contributed by atoms with Gasteiger partial charge < -0.3 is 10.1 Å². The van der Waals surface area contributed by atoms with Gasteiger partial charge in [0.05, 0.1) is 12.7 Å². The Hall–Kier alpha value is -0.185. The van der Waals surface area contributed by atoms with Gasteiger partial charge in [0.15, 0.2) is 0 Å². The number of thiophene rings is 1. The molecule has 1 atom stereocenters. The third-order valence-electron chi connectivity index (χ3n) is 2.89. The molecule has 0 saturated heterocycles. The lowest BCUT2D eigenvalue weighted by molar-refractivity contribution is 0.0433. The van der Waals surface area contributed by atoms with Crippen molar-refractivity contribution in [3.63, 3.8) is 0 Å². The SMILES string of the molecule is BC(B)(B)NC[C@@H]1OCCc2scc(C)c21. The predicted octanol–water partition coefficient (Wildman–Crippen LogP) is -1.23. The summed E-state index contributed by atoms with van der Waals surface area (Å²) in [5, 5.41) is 5.94. The van der Waals surface area contributed by atoms with E-state index in [2.05, 4.69) is 41.2 Å². The van der Waals surface area contributed by atoms with E-state index >= 15 is 0 Å². The highest BCUT2D eigenvalue weighted by molar-refractivity contribution is 7.10. The van der Waals surface area contributed by atoms with E-state index < -0.39 is 0 Å². The fourth-order valence-electron chi connectivity index (χ4n) is 2.07. The molecule has 0 unspecified atom stereocenters. The van der Waals surface area contributed by atoms with E-state index in [1.54, 1.807) is 0 Å². The van der Waals surface area contributed by atoms with Crippen LogP contribution in [0, 0.1) is 6.92 Å². The number of aryl methyl sites for hydroxylation is 1. The molecule has 0 fully saturated rings. The Morgan fingerprint density at radius 2 is 2.31 bits per heavy atom. The monoisotopic (exact) mass is 233 g/mol. The molecule has 2 heterocycles. The lowest BCUT2D eigenvalue weighted by Gasteiger charge is -2.29. The fourth-order valence-corrected chi connectivity index (χ4v) is 3.14. The first-order chi connectivity index (χ1) is 7.47. The van der Waals surface area contributed by atoms with Gasteiger partial charge in [-0.15, -0.1) is 11.3 Å². The smallest absolute Gasteiger partial charge is 0.106 e. The van der Waals surface area contributed by atoms with Crippen LogP contribution in [0.1, 0.15) is 22.1 Å². The van der Waals surface area contributed by atoms with Crippen LogP contribution in [-0.2, 0) is 11.2 Å². The van der Waals surface area contributed by atoms with Gasteiger partial charge in [-0.25, -0.2) is 0 Å². The molecule has 6 heteroatoms. The van der Waals surface area contributed by atoms with Crippen LogP contribution in [-0.4, -0.2) is 41.9 Å². The minimum atomic E-state index is 0.158. The highest BCUT2D eigenvalue weighted by Gasteiger charge is 2.25. The molecule has 16 heavy (non-hydrogen) atoms. The topological polar surface area (TPSA) is 21.3 Å². The first-order valence-corrected chi connectivity index (χ1v) is 6.79. The molecule has 1 aliphatic heterocycles. The summed E-state index contributed by atoms with van der Waals surface area (Å²) in [6.45, 7) is 3.96. The first-order valence-electron chi connectivity index (χ1n) is 5.91. The Balaban J connectivity index is 2.10. The van der Waals surface area contributed by atoms with E-state index in [-0.39, 0.29) is 11.3 Å². The molecule has 1 aromatic heterocycles. The highest BCUT2D eigenvalue weighted by atomic mass is 32.1. The largest absolute Gasteiger partial charge is 0.372 e. The van der Waals surface area contributed by atoms with Crippen LogP contribution >= 0.6 is 11.3 Å². The van der Waals surface area contributed by atoms with E-state index in [1.807, 2.05) is 11.3 Å². The van der Waals surface area contributed by atoms with Crippen LogP contribution in [0.2, 0.25) is 0 Å². The minimum Gasteiger partial charge on any atom is -0.372 e. The zero-order valence-electron chi connectivity index (χ0n) is 10.6. The molecule has 0 aromatic carbocycles. The van der Waals surface area contributed by atoms with Crippen LogP contribution < -0.4 is 5.32 Å². The second kappa shape index (κ2) is 4.59. The van der Waals surface area contributed by atoms with Gasteiger partial charge in [0.2, 0.25) is 0 Å². The van der Waals surface area contributed by atoms with Gasteiger partial charge >= 0.3 is 0 Å². The molecule has 0 saturated carbocycles. The van der Waals surface area contributed by atoms with Crippen LogP contribution in [0.4, 0.5) is 0 Å². The maximum Gasteiger partial charge on any atom is 0.106 e. The fraction of sp³-hybridized carbons (Fsp3) is 0.600. The van der Waals surface area contributed by atoms with E-state index in [0.717, 1.165) is 19.6 Å². The predicted molar refractivity (Wildman–Crippen MR) is 77.8 cm³/mol. The molecular weight excluding hydrogens is 215 g/mol. The van der Waals surface area contributed by atoms with E-state index in [0.29, 0.717) is 0 Å². The quantitative estimate of drug-likeness (QED) is 0.660. The zero-order chi connectivity index (χ0) is 11.8. The molecule has 0 aliphatic carbocycles. The van der Waals surface area contributed by atoms with Gasteiger partial charge in [0.1, 0.15) is 23.5 Å². The number of nitrogens with one attached hydrogen (secondary N) is 1. The Kier molecular flexibility index (Phi) is 3.52. The average Bonchev–Trinajstić information content (AvgIpc) is 2.57. The molecule has 0 bridgehead atoms. The van der Waals surface area contributed by atoms with E-state index in [9.17, 15) is 0 Å². The maximum absolute atomic E-state index is 5.88. The summed E-state index contributed by atoms with van der Waals surface area (Å²) < 4.78 is 5.88. The van der Waals surface area contributed by atoms with Crippen molar-refractivity contribution in [2.24, 2.45) is 0 Å². The Morgan fingerprint density at radius 1 is 1.56 bits per heavy atom. The summed E-state index contributed by atoms with van der Waals surface area (Å²) in [5.41, 5.74) is 2.83. The number of hydrogen-bond donors (Lipinski definition) is 1. The normalized spacial score (nSPS) is 20.7. The van der Waals surface area contributed by atoms with Crippen molar-refractivity contribution in [1.29, 1.82) is 0 Å². The standard InChI is InChI=1S/C10H18B3NOS/c1-6-5-16-8-2-3-15-7(9(6)8)4-14-10(11,12)13/h5,7,14H,2-4,11-13H2,1H3/t7-/m0/s1. The van der Waals surface area contributed by atoms with E-state index in [4.69, 9.17) is 4.74 Å².